The summed E-state index contributed by atoms with van der Waals surface area (Å²) in [5, 5.41) is 0.966. The summed E-state index contributed by atoms with van der Waals surface area (Å²) in [5.41, 5.74) is 1.24. The van der Waals surface area contributed by atoms with E-state index in [1.165, 1.54) is 0 Å². The second kappa shape index (κ2) is 6.32. The fourth-order valence-corrected chi connectivity index (χ4v) is 2.24. The van der Waals surface area contributed by atoms with E-state index in [0.29, 0.717) is 0 Å². The number of benzene rings is 1. The summed E-state index contributed by atoms with van der Waals surface area (Å²) < 4.78 is 10.3. The summed E-state index contributed by atoms with van der Waals surface area (Å²) in [4.78, 5) is 15.9. The van der Waals surface area contributed by atoms with Crippen LogP contribution in [0, 0.1) is 0 Å². The van der Waals surface area contributed by atoms with Crippen LogP contribution in [0.15, 0.2) is 30.3 Å². The van der Waals surface area contributed by atoms with Gasteiger partial charge in [0.15, 0.2) is 0 Å². The van der Waals surface area contributed by atoms with Crippen LogP contribution in [-0.4, -0.2) is 16.7 Å². The summed E-state index contributed by atoms with van der Waals surface area (Å²) in [6.45, 7) is 5.34. The van der Waals surface area contributed by atoms with Gasteiger partial charge in [-0.05, 0) is 44.5 Å². The fraction of sp³-hybridized carbons (Fsp3) is 0.333. The molecule has 0 saturated carbocycles. The molecule has 6 heteroatoms. The number of rotatable bonds is 2. The van der Waals surface area contributed by atoms with Gasteiger partial charge in [0.2, 0.25) is 5.88 Å². The van der Waals surface area contributed by atoms with Gasteiger partial charge < -0.3 is 9.47 Å². The molecule has 0 aliphatic carbocycles. The van der Waals surface area contributed by atoms with Crippen LogP contribution in [-0.2, 0) is 4.74 Å². The summed E-state index contributed by atoms with van der Waals surface area (Å²) in [6, 6.07) is 9.33. The second-order valence-corrected chi connectivity index (χ2v) is 8.53. The lowest BCUT2D eigenvalue weighted by Crippen LogP contribution is -2.26. The first-order chi connectivity index (χ1) is 9.74. The lowest BCUT2D eigenvalue weighted by Gasteiger charge is -2.18. The van der Waals surface area contributed by atoms with E-state index in [2.05, 4.69) is 36.8 Å². The van der Waals surface area contributed by atoms with E-state index >= 15 is 0 Å². The van der Waals surface area contributed by atoms with E-state index in [-0.39, 0.29) is 9.62 Å². The van der Waals surface area contributed by atoms with Crippen molar-refractivity contribution < 1.29 is 14.3 Å². The molecule has 0 N–H and O–H groups in total. The van der Waals surface area contributed by atoms with Crippen molar-refractivity contribution in [1.82, 2.24) is 4.98 Å². The molecule has 0 amide bonds. The number of fused-ring (bicyclic) bond motifs is 1. The maximum absolute atomic E-state index is 11.6. The minimum Gasteiger partial charge on any atom is -0.428 e. The van der Waals surface area contributed by atoms with E-state index in [0.717, 1.165) is 16.5 Å². The highest BCUT2D eigenvalue weighted by Crippen LogP contribution is 2.31. The van der Waals surface area contributed by atoms with Gasteiger partial charge in [0.1, 0.15) is 5.60 Å². The van der Waals surface area contributed by atoms with Crippen molar-refractivity contribution in [1.29, 1.82) is 0 Å². The normalized spacial score (nSPS) is 11.7. The standard InChI is InChI=1S/C15H15Br2NO3/c1-15(2,3)21-14(19)20-12-7-5-9-8-10(13(16)17)4-6-11(9)18-12/h4-8,13H,1-3H3. The molecule has 2 rings (SSSR count). The number of aromatic nitrogens is 1. The third-order valence-electron chi connectivity index (χ3n) is 2.52. The molecule has 21 heavy (non-hydrogen) atoms. The van der Waals surface area contributed by atoms with Gasteiger partial charge in [0.25, 0.3) is 0 Å². The number of halogens is 2. The maximum Gasteiger partial charge on any atom is 0.515 e. The van der Waals surface area contributed by atoms with Gasteiger partial charge >= 0.3 is 6.16 Å². The molecule has 0 bridgehead atoms. The highest BCUT2D eigenvalue weighted by atomic mass is 79.9. The van der Waals surface area contributed by atoms with Crippen LogP contribution in [0.4, 0.5) is 4.79 Å². The van der Waals surface area contributed by atoms with Crippen molar-refractivity contribution in [2.24, 2.45) is 0 Å². The van der Waals surface area contributed by atoms with E-state index < -0.39 is 11.8 Å². The molecule has 4 nitrogen and oxygen atoms in total. The molecule has 1 aromatic heterocycles. The number of alkyl halides is 2. The van der Waals surface area contributed by atoms with Crippen molar-refractivity contribution in [2.75, 3.05) is 0 Å². The molecule has 1 aromatic carbocycles. The lowest BCUT2D eigenvalue weighted by atomic mass is 10.1. The van der Waals surface area contributed by atoms with Gasteiger partial charge in [0, 0.05) is 11.5 Å². The van der Waals surface area contributed by atoms with Gasteiger partial charge in [-0.1, -0.05) is 37.9 Å². The van der Waals surface area contributed by atoms with Gasteiger partial charge in [-0.25, -0.2) is 9.78 Å². The average Bonchev–Trinajstić information content (AvgIpc) is 2.35. The van der Waals surface area contributed by atoms with Crippen molar-refractivity contribution >= 4 is 48.9 Å². The zero-order valence-electron chi connectivity index (χ0n) is 11.9. The van der Waals surface area contributed by atoms with Gasteiger partial charge in [-0.2, -0.15) is 0 Å². The Morgan fingerprint density at radius 3 is 2.52 bits per heavy atom. The SMILES string of the molecule is CC(C)(C)OC(=O)Oc1ccc2cc(C(Br)Br)ccc2n1. The molecule has 2 aromatic rings. The minimum atomic E-state index is -0.757. The summed E-state index contributed by atoms with van der Waals surface area (Å²) in [5.74, 6) is 0.221. The molecule has 0 atom stereocenters. The Bertz CT molecular complexity index is 666. The van der Waals surface area contributed by atoms with Crippen molar-refractivity contribution in [3.8, 4) is 5.88 Å². The van der Waals surface area contributed by atoms with Crippen LogP contribution in [0.1, 0.15) is 30.1 Å². The van der Waals surface area contributed by atoms with Crippen LogP contribution in [0.25, 0.3) is 10.9 Å². The number of ether oxygens (including phenoxy) is 2. The number of hydrogen-bond acceptors (Lipinski definition) is 4. The zero-order valence-corrected chi connectivity index (χ0v) is 15.1. The van der Waals surface area contributed by atoms with Gasteiger partial charge in [0.05, 0.1) is 9.25 Å². The van der Waals surface area contributed by atoms with Crippen molar-refractivity contribution in [3.05, 3.63) is 35.9 Å². The molecule has 0 aliphatic rings. The molecule has 0 spiro atoms. The van der Waals surface area contributed by atoms with Crippen LogP contribution in [0.3, 0.4) is 0 Å². The monoisotopic (exact) mass is 415 g/mol. The molecular weight excluding hydrogens is 402 g/mol. The van der Waals surface area contributed by atoms with Crippen LogP contribution in [0.2, 0.25) is 0 Å². The zero-order chi connectivity index (χ0) is 15.6. The highest BCUT2D eigenvalue weighted by molar-refractivity contribution is 9.24. The van der Waals surface area contributed by atoms with Crippen molar-refractivity contribution in [3.63, 3.8) is 0 Å². The van der Waals surface area contributed by atoms with Crippen LogP contribution >= 0.6 is 31.9 Å². The predicted octanol–water partition coefficient (Wildman–Crippen LogP) is 5.34. The van der Waals surface area contributed by atoms with E-state index in [1.54, 1.807) is 26.8 Å². The molecular formula is C15H15Br2NO3. The van der Waals surface area contributed by atoms with E-state index in [9.17, 15) is 4.79 Å². The fourth-order valence-electron chi connectivity index (χ4n) is 1.67. The Kier molecular flexibility index (Phi) is 4.88. The topological polar surface area (TPSA) is 48.4 Å². The van der Waals surface area contributed by atoms with Crippen LogP contribution in [0.5, 0.6) is 5.88 Å². The third kappa shape index (κ3) is 4.68. The number of carbonyl (C=O) groups is 1. The Morgan fingerprint density at radius 1 is 1.19 bits per heavy atom. The van der Waals surface area contributed by atoms with E-state index in [1.807, 2.05) is 24.3 Å². The predicted molar refractivity (Wildman–Crippen MR) is 89.2 cm³/mol. The van der Waals surface area contributed by atoms with Crippen LogP contribution < -0.4 is 4.74 Å². The first kappa shape index (κ1) is 16.2. The summed E-state index contributed by atoms with van der Waals surface area (Å²) in [6.07, 6.45) is -0.757. The first-order valence-corrected chi connectivity index (χ1v) is 8.17. The Hall–Kier alpha value is -1.14. The van der Waals surface area contributed by atoms with Crippen molar-refractivity contribution in [2.45, 2.75) is 30.1 Å². The average molecular weight is 417 g/mol. The summed E-state index contributed by atoms with van der Waals surface area (Å²) in [7, 11) is 0. The lowest BCUT2D eigenvalue weighted by molar-refractivity contribution is 0.0198. The number of pyridine rings is 1. The number of hydrogen-bond donors (Lipinski definition) is 0. The number of nitrogens with zero attached hydrogens (tertiary/aromatic N) is 1. The molecule has 0 saturated heterocycles. The Labute approximate surface area is 140 Å². The molecule has 0 aliphatic heterocycles. The first-order valence-electron chi connectivity index (χ1n) is 6.34. The Balaban J connectivity index is 2.20. The van der Waals surface area contributed by atoms with E-state index in [4.69, 9.17) is 9.47 Å². The minimum absolute atomic E-state index is 0.0899. The third-order valence-corrected chi connectivity index (χ3v) is 3.57. The molecule has 112 valence electrons. The number of carbonyl (C=O) groups excluding carboxylic acids is 1. The summed E-state index contributed by atoms with van der Waals surface area (Å²) >= 11 is 6.91. The molecule has 0 fully saturated rings. The second-order valence-electron chi connectivity index (χ2n) is 5.47. The smallest absolute Gasteiger partial charge is 0.428 e. The highest BCUT2D eigenvalue weighted by Gasteiger charge is 2.18. The largest absolute Gasteiger partial charge is 0.515 e. The molecule has 1 heterocycles. The maximum atomic E-state index is 11.6. The molecule has 0 unspecified atom stereocenters. The quantitative estimate of drug-likeness (QED) is 0.489. The van der Waals surface area contributed by atoms with Gasteiger partial charge in [-0.3, -0.25) is 0 Å². The molecule has 0 radical (unpaired) electrons. The Morgan fingerprint density at radius 2 is 1.90 bits per heavy atom. The van der Waals surface area contributed by atoms with Gasteiger partial charge in [-0.15, -0.1) is 0 Å².